The molecule has 1 aromatic rings. The van der Waals surface area contributed by atoms with Gasteiger partial charge < -0.3 is 14.2 Å². The van der Waals surface area contributed by atoms with Crippen LogP contribution in [0.3, 0.4) is 0 Å². The van der Waals surface area contributed by atoms with Gasteiger partial charge in [-0.2, -0.15) is 0 Å². The normalized spacial score (nSPS) is 20.5. The zero-order chi connectivity index (χ0) is 15.9. The van der Waals surface area contributed by atoms with E-state index in [1.807, 2.05) is 44.2 Å². The molecule has 0 aromatic heterocycles. The van der Waals surface area contributed by atoms with Crippen molar-refractivity contribution in [2.45, 2.75) is 32.7 Å². The predicted molar refractivity (Wildman–Crippen MR) is 87.5 cm³/mol. The SMILES string of the molecule is C=C(C#CC=C(C)C)[C@@H]1CCO[C@H](c2ccc(OC)cc2)O1. The van der Waals surface area contributed by atoms with E-state index in [4.69, 9.17) is 14.2 Å². The van der Waals surface area contributed by atoms with Crippen LogP contribution < -0.4 is 4.74 Å². The summed E-state index contributed by atoms with van der Waals surface area (Å²) in [7, 11) is 1.65. The summed E-state index contributed by atoms with van der Waals surface area (Å²) in [5.41, 5.74) is 2.93. The molecule has 0 radical (unpaired) electrons. The maximum absolute atomic E-state index is 5.98. The second-order valence-electron chi connectivity index (χ2n) is 5.41. The Hall–Kier alpha value is -2.02. The highest BCUT2D eigenvalue weighted by Gasteiger charge is 2.25. The van der Waals surface area contributed by atoms with Gasteiger partial charge in [-0.1, -0.05) is 36.1 Å². The number of ether oxygens (including phenoxy) is 3. The summed E-state index contributed by atoms with van der Waals surface area (Å²) in [6.45, 7) is 8.69. The van der Waals surface area contributed by atoms with Gasteiger partial charge in [0.2, 0.25) is 0 Å². The molecule has 2 atom stereocenters. The molecule has 1 heterocycles. The van der Waals surface area contributed by atoms with Crippen LogP contribution in [0.2, 0.25) is 0 Å². The lowest BCUT2D eigenvalue weighted by Crippen LogP contribution is -2.27. The minimum absolute atomic E-state index is 0.0982. The first-order valence-electron chi connectivity index (χ1n) is 7.35. The van der Waals surface area contributed by atoms with Crippen molar-refractivity contribution in [3.8, 4) is 17.6 Å². The van der Waals surface area contributed by atoms with Crippen LogP contribution in [0.4, 0.5) is 0 Å². The van der Waals surface area contributed by atoms with Crippen LogP contribution in [0.25, 0.3) is 0 Å². The number of hydrogen-bond acceptors (Lipinski definition) is 3. The molecule has 0 spiro atoms. The van der Waals surface area contributed by atoms with Crippen molar-refractivity contribution in [3.05, 3.63) is 53.6 Å². The molecule has 22 heavy (non-hydrogen) atoms. The van der Waals surface area contributed by atoms with E-state index in [0.717, 1.165) is 23.3 Å². The summed E-state index contributed by atoms with van der Waals surface area (Å²) < 4.78 is 16.8. The first-order chi connectivity index (χ1) is 10.6. The minimum atomic E-state index is -0.383. The van der Waals surface area contributed by atoms with E-state index in [9.17, 15) is 0 Å². The lowest BCUT2D eigenvalue weighted by Gasteiger charge is -2.30. The smallest absolute Gasteiger partial charge is 0.184 e. The number of methoxy groups -OCH3 is 1. The topological polar surface area (TPSA) is 27.7 Å². The molecule has 1 aliphatic rings. The summed E-state index contributed by atoms with van der Waals surface area (Å²) in [4.78, 5) is 0. The van der Waals surface area contributed by atoms with Gasteiger partial charge in [-0.15, -0.1) is 0 Å². The molecule has 1 aliphatic heterocycles. The molecule has 0 bridgehead atoms. The summed E-state index contributed by atoms with van der Waals surface area (Å²) in [5.74, 6) is 6.87. The van der Waals surface area contributed by atoms with E-state index in [-0.39, 0.29) is 12.4 Å². The summed E-state index contributed by atoms with van der Waals surface area (Å²) in [6.07, 6.45) is 2.17. The molecule has 0 saturated carbocycles. The van der Waals surface area contributed by atoms with Crippen LogP contribution in [0.5, 0.6) is 5.75 Å². The van der Waals surface area contributed by atoms with Gasteiger partial charge in [0.1, 0.15) is 5.75 Å². The molecule has 1 fully saturated rings. The Balaban J connectivity index is 2.02. The average molecular weight is 298 g/mol. The predicted octanol–water partition coefficient (Wildman–Crippen LogP) is 4.03. The van der Waals surface area contributed by atoms with Gasteiger partial charge in [-0.25, -0.2) is 0 Å². The molecule has 3 nitrogen and oxygen atoms in total. The third kappa shape index (κ3) is 4.49. The zero-order valence-electron chi connectivity index (χ0n) is 13.4. The Bertz CT molecular complexity index is 598. The van der Waals surface area contributed by atoms with Crippen molar-refractivity contribution in [2.75, 3.05) is 13.7 Å². The minimum Gasteiger partial charge on any atom is -0.497 e. The number of rotatable bonds is 3. The lowest BCUT2D eigenvalue weighted by molar-refractivity contribution is -0.206. The van der Waals surface area contributed by atoms with Gasteiger partial charge >= 0.3 is 0 Å². The van der Waals surface area contributed by atoms with Gasteiger partial charge in [0.05, 0.1) is 19.8 Å². The van der Waals surface area contributed by atoms with Crippen LogP contribution >= 0.6 is 0 Å². The van der Waals surface area contributed by atoms with Crippen LogP contribution in [0.15, 0.2) is 48.1 Å². The van der Waals surface area contributed by atoms with Gasteiger partial charge in [0.15, 0.2) is 6.29 Å². The lowest BCUT2D eigenvalue weighted by atomic mass is 10.1. The zero-order valence-corrected chi connectivity index (χ0v) is 13.4. The molecular weight excluding hydrogens is 276 g/mol. The Morgan fingerprint density at radius 2 is 2.05 bits per heavy atom. The fourth-order valence-electron chi connectivity index (χ4n) is 2.08. The average Bonchev–Trinajstić information content (AvgIpc) is 2.54. The Morgan fingerprint density at radius 3 is 2.68 bits per heavy atom. The van der Waals surface area contributed by atoms with Gasteiger partial charge in [0, 0.05) is 17.6 Å². The van der Waals surface area contributed by atoms with E-state index >= 15 is 0 Å². The Kier molecular flexibility index (Phi) is 5.83. The first-order valence-corrected chi connectivity index (χ1v) is 7.35. The number of hydrogen-bond donors (Lipinski definition) is 0. The third-order valence-electron chi connectivity index (χ3n) is 3.31. The molecule has 1 saturated heterocycles. The highest BCUT2D eigenvalue weighted by Crippen LogP contribution is 2.29. The first kappa shape index (κ1) is 16.4. The van der Waals surface area contributed by atoms with Crippen molar-refractivity contribution in [3.63, 3.8) is 0 Å². The fraction of sp³-hybridized carbons (Fsp3) is 0.368. The number of allylic oxidation sites excluding steroid dienone is 2. The highest BCUT2D eigenvalue weighted by molar-refractivity contribution is 5.35. The van der Waals surface area contributed by atoms with E-state index in [0.29, 0.717) is 6.61 Å². The Morgan fingerprint density at radius 1 is 1.32 bits per heavy atom. The molecule has 1 aromatic carbocycles. The van der Waals surface area contributed by atoms with Crippen molar-refractivity contribution in [1.82, 2.24) is 0 Å². The molecule has 0 amide bonds. The molecule has 0 aliphatic carbocycles. The highest BCUT2D eigenvalue weighted by atomic mass is 16.7. The molecule has 2 rings (SSSR count). The van der Waals surface area contributed by atoms with Crippen LogP contribution in [0, 0.1) is 11.8 Å². The summed E-state index contributed by atoms with van der Waals surface area (Å²) >= 11 is 0. The van der Waals surface area contributed by atoms with Gasteiger partial charge in [0.25, 0.3) is 0 Å². The van der Waals surface area contributed by atoms with Crippen molar-refractivity contribution in [2.24, 2.45) is 0 Å². The van der Waals surface area contributed by atoms with Gasteiger partial charge in [-0.3, -0.25) is 0 Å². The van der Waals surface area contributed by atoms with E-state index in [2.05, 4.69) is 18.4 Å². The maximum atomic E-state index is 5.98. The molecule has 0 unspecified atom stereocenters. The molecule has 0 N–H and O–H groups in total. The van der Waals surface area contributed by atoms with E-state index in [1.165, 1.54) is 5.57 Å². The van der Waals surface area contributed by atoms with Crippen molar-refractivity contribution >= 4 is 0 Å². The summed E-state index contributed by atoms with van der Waals surface area (Å²) in [5, 5.41) is 0. The monoisotopic (exact) mass is 298 g/mol. The van der Waals surface area contributed by atoms with Crippen LogP contribution in [-0.2, 0) is 9.47 Å². The van der Waals surface area contributed by atoms with Gasteiger partial charge in [-0.05, 0) is 32.1 Å². The fourth-order valence-corrected chi connectivity index (χ4v) is 2.08. The van der Waals surface area contributed by atoms with Crippen molar-refractivity contribution in [1.29, 1.82) is 0 Å². The van der Waals surface area contributed by atoms with Crippen LogP contribution in [-0.4, -0.2) is 19.8 Å². The second kappa shape index (κ2) is 7.84. The van der Waals surface area contributed by atoms with Crippen molar-refractivity contribution < 1.29 is 14.2 Å². The van der Waals surface area contributed by atoms with Crippen LogP contribution in [0.1, 0.15) is 32.1 Å². The number of benzene rings is 1. The summed E-state index contributed by atoms with van der Waals surface area (Å²) in [6, 6.07) is 7.69. The third-order valence-corrected chi connectivity index (χ3v) is 3.31. The van der Waals surface area contributed by atoms with E-state index in [1.54, 1.807) is 7.11 Å². The second-order valence-corrected chi connectivity index (χ2v) is 5.41. The van der Waals surface area contributed by atoms with E-state index < -0.39 is 0 Å². The maximum Gasteiger partial charge on any atom is 0.184 e. The quantitative estimate of drug-likeness (QED) is 0.789. The molecule has 116 valence electrons. The molecule has 3 heteroatoms. The largest absolute Gasteiger partial charge is 0.497 e. The molecular formula is C19H22O3. The Labute approximate surface area is 132 Å². The standard InChI is InChI=1S/C19H22O3/c1-14(2)6-5-7-15(3)18-12-13-21-19(22-18)16-8-10-17(20-4)11-9-16/h6,8-11,18-19H,3,12-13H2,1-2,4H3/t18-,19-/m0/s1.